The van der Waals surface area contributed by atoms with Gasteiger partial charge < -0.3 is 10.2 Å². The van der Waals surface area contributed by atoms with Gasteiger partial charge in [-0.1, -0.05) is 13.8 Å². The van der Waals surface area contributed by atoms with Crippen LogP contribution in [0.4, 0.5) is 0 Å². The number of piperidine rings is 1. The molecule has 2 unspecified atom stereocenters. The van der Waals surface area contributed by atoms with Crippen molar-refractivity contribution < 1.29 is 16.8 Å². The lowest BCUT2D eigenvalue weighted by Crippen LogP contribution is -2.50. The molecule has 0 radical (unpaired) electrons. The first kappa shape index (κ1) is 20.5. The van der Waals surface area contributed by atoms with Gasteiger partial charge in [-0.3, -0.25) is 4.99 Å². The predicted octanol–water partition coefficient (Wildman–Crippen LogP) is 0.532. The van der Waals surface area contributed by atoms with Crippen LogP contribution in [0.5, 0.6) is 0 Å². The highest BCUT2D eigenvalue weighted by Gasteiger charge is 2.31. The number of hydrogen-bond acceptors (Lipinski definition) is 5. The summed E-state index contributed by atoms with van der Waals surface area (Å²) in [6.45, 7) is 6.62. The van der Waals surface area contributed by atoms with Crippen molar-refractivity contribution >= 4 is 25.6 Å². The van der Waals surface area contributed by atoms with Crippen LogP contribution in [0.15, 0.2) is 4.99 Å². The molecule has 9 heteroatoms. The number of guanidine groups is 1. The van der Waals surface area contributed by atoms with Gasteiger partial charge in [0.05, 0.1) is 16.8 Å². The van der Waals surface area contributed by atoms with Gasteiger partial charge in [-0.25, -0.2) is 16.8 Å². The fourth-order valence-electron chi connectivity index (χ4n) is 3.29. The minimum absolute atomic E-state index is 0.102. The summed E-state index contributed by atoms with van der Waals surface area (Å²) < 4.78 is 47.1. The molecule has 2 fully saturated rings. The van der Waals surface area contributed by atoms with Crippen molar-refractivity contribution in [3.05, 3.63) is 0 Å². The maximum Gasteiger partial charge on any atom is 0.193 e. The SMILES string of the molecule is CC(C)CN=C(NCC1CCS(=O)(=O)C1)N1CCCC(S(C)(=O)=O)C1. The first-order valence-corrected chi connectivity index (χ1v) is 12.8. The highest BCUT2D eigenvalue weighted by Crippen LogP contribution is 2.19. The summed E-state index contributed by atoms with van der Waals surface area (Å²) in [7, 11) is -5.97. The topological polar surface area (TPSA) is 95.9 Å². The Morgan fingerprint density at radius 3 is 2.60 bits per heavy atom. The number of nitrogens with zero attached hydrogens (tertiary/aromatic N) is 2. The molecule has 1 N–H and O–H groups in total. The van der Waals surface area contributed by atoms with Crippen molar-refractivity contribution in [1.82, 2.24) is 10.2 Å². The quantitative estimate of drug-likeness (QED) is 0.541. The highest BCUT2D eigenvalue weighted by atomic mass is 32.2. The molecule has 2 heterocycles. The lowest BCUT2D eigenvalue weighted by Gasteiger charge is -2.34. The van der Waals surface area contributed by atoms with Crippen LogP contribution in [0.2, 0.25) is 0 Å². The van der Waals surface area contributed by atoms with Crippen molar-refractivity contribution in [2.24, 2.45) is 16.8 Å². The standard InChI is InChI=1S/C16H31N3O4S2/c1-13(2)9-17-16(18-10-14-6-8-25(22,23)12-14)19-7-4-5-15(11-19)24(3,20)21/h13-15H,4-12H2,1-3H3,(H,17,18). The molecule has 2 aliphatic heterocycles. The zero-order chi connectivity index (χ0) is 18.7. The van der Waals surface area contributed by atoms with Gasteiger partial charge in [0.1, 0.15) is 0 Å². The molecule has 2 atom stereocenters. The van der Waals surface area contributed by atoms with Gasteiger partial charge in [-0.2, -0.15) is 0 Å². The van der Waals surface area contributed by atoms with E-state index in [9.17, 15) is 16.8 Å². The van der Waals surface area contributed by atoms with Crippen LogP contribution in [0.1, 0.15) is 33.1 Å². The number of aliphatic imine (C=N–C) groups is 1. The predicted molar refractivity (Wildman–Crippen MR) is 101 cm³/mol. The molecule has 7 nitrogen and oxygen atoms in total. The fraction of sp³-hybridized carbons (Fsp3) is 0.938. The Labute approximate surface area is 152 Å². The monoisotopic (exact) mass is 393 g/mol. The van der Waals surface area contributed by atoms with Crippen LogP contribution in [-0.2, 0) is 19.7 Å². The first-order valence-electron chi connectivity index (χ1n) is 8.99. The van der Waals surface area contributed by atoms with Gasteiger partial charge in [-0.05, 0) is 31.1 Å². The van der Waals surface area contributed by atoms with Gasteiger partial charge in [-0.15, -0.1) is 0 Å². The van der Waals surface area contributed by atoms with Crippen LogP contribution in [0.25, 0.3) is 0 Å². The maximum atomic E-state index is 11.9. The largest absolute Gasteiger partial charge is 0.356 e. The summed E-state index contributed by atoms with van der Waals surface area (Å²) in [6.07, 6.45) is 3.48. The zero-order valence-corrected chi connectivity index (χ0v) is 17.1. The molecule has 2 saturated heterocycles. The van der Waals surface area contributed by atoms with Gasteiger partial charge in [0, 0.05) is 32.4 Å². The molecule has 0 aromatic carbocycles. The molecule has 0 amide bonds. The zero-order valence-electron chi connectivity index (χ0n) is 15.4. The van der Waals surface area contributed by atoms with E-state index >= 15 is 0 Å². The van der Waals surface area contributed by atoms with Crippen molar-refractivity contribution in [2.75, 3.05) is 43.9 Å². The van der Waals surface area contributed by atoms with E-state index < -0.39 is 19.7 Å². The van der Waals surface area contributed by atoms with Gasteiger partial charge in [0.25, 0.3) is 0 Å². The third-order valence-electron chi connectivity index (χ3n) is 4.76. The molecule has 0 aromatic rings. The lowest BCUT2D eigenvalue weighted by atomic mass is 10.1. The molecule has 0 spiro atoms. The van der Waals surface area contributed by atoms with Gasteiger partial charge in [0.15, 0.2) is 25.6 Å². The van der Waals surface area contributed by atoms with Crippen LogP contribution in [0.3, 0.4) is 0 Å². The molecular weight excluding hydrogens is 362 g/mol. The number of sulfone groups is 2. The van der Waals surface area contributed by atoms with E-state index in [-0.39, 0.29) is 22.7 Å². The Morgan fingerprint density at radius 1 is 1.32 bits per heavy atom. The van der Waals surface area contributed by atoms with E-state index in [0.717, 1.165) is 13.0 Å². The number of hydrogen-bond donors (Lipinski definition) is 1. The normalized spacial score (nSPS) is 27.7. The van der Waals surface area contributed by atoms with E-state index in [1.807, 2.05) is 4.90 Å². The lowest BCUT2D eigenvalue weighted by molar-refractivity contribution is 0.328. The Kier molecular flexibility index (Phi) is 6.75. The van der Waals surface area contributed by atoms with Gasteiger partial charge in [0.2, 0.25) is 0 Å². The third-order valence-corrected chi connectivity index (χ3v) is 8.20. The average Bonchev–Trinajstić information content (AvgIpc) is 2.85. The summed E-state index contributed by atoms with van der Waals surface area (Å²) in [6, 6.07) is 0. The van der Waals surface area contributed by atoms with Crippen LogP contribution >= 0.6 is 0 Å². The molecule has 2 rings (SSSR count). The van der Waals surface area contributed by atoms with E-state index in [4.69, 9.17) is 0 Å². The van der Waals surface area contributed by atoms with Crippen molar-refractivity contribution in [1.29, 1.82) is 0 Å². The molecular formula is C16H31N3O4S2. The second-order valence-corrected chi connectivity index (χ2v) is 12.3. The van der Waals surface area contributed by atoms with E-state index in [1.165, 1.54) is 6.26 Å². The third kappa shape index (κ3) is 6.44. The summed E-state index contributed by atoms with van der Waals surface area (Å²) in [5.74, 6) is 1.71. The molecule has 0 aromatic heterocycles. The molecule has 2 aliphatic rings. The fourth-order valence-corrected chi connectivity index (χ4v) is 6.19. The maximum absolute atomic E-state index is 11.9. The minimum Gasteiger partial charge on any atom is -0.356 e. The summed E-state index contributed by atoms with van der Waals surface area (Å²) in [5.41, 5.74) is 0. The summed E-state index contributed by atoms with van der Waals surface area (Å²) in [5, 5.41) is 2.95. The Hall–Kier alpha value is -0.830. The van der Waals surface area contributed by atoms with Crippen LogP contribution in [-0.4, -0.2) is 76.9 Å². The Balaban J connectivity index is 2.03. The molecule has 25 heavy (non-hydrogen) atoms. The summed E-state index contributed by atoms with van der Waals surface area (Å²) >= 11 is 0. The van der Waals surface area contributed by atoms with Gasteiger partial charge >= 0.3 is 0 Å². The second-order valence-electron chi connectivity index (χ2n) is 7.75. The second kappa shape index (κ2) is 8.24. The molecule has 0 saturated carbocycles. The Bertz CT molecular complexity index is 686. The van der Waals surface area contributed by atoms with E-state index in [1.54, 1.807) is 0 Å². The molecule has 0 bridgehead atoms. The van der Waals surface area contributed by atoms with Crippen molar-refractivity contribution in [3.63, 3.8) is 0 Å². The molecule has 146 valence electrons. The Morgan fingerprint density at radius 2 is 2.04 bits per heavy atom. The number of rotatable bonds is 5. The van der Waals surface area contributed by atoms with Crippen LogP contribution in [0, 0.1) is 11.8 Å². The number of nitrogens with one attached hydrogen (secondary N) is 1. The molecule has 0 aliphatic carbocycles. The summed E-state index contributed by atoms with van der Waals surface area (Å²) in [4.78, 5) is 6.66. The van der Waals surface area contributed by atoms with Crippen molar-refractivity contribution in [3.8, 4) is 0 Å². The smallest absolute Gasteiger partial charge is 0.193 e. The minimum atomic E-state index is -3.07. The first-order chi connectivity index (χ1) is 11.6. The highest BCUT2D eigenvalue weighted by molar-refractivity contribution is 7.91. The average molecular weight is 394 g/mol. The van der Waals surface area contributed by atoms with Crippen molar-refractivity contribution in [2.45, 2.75) is 38.4 Å². The van der Waals surface area contributed by atoms with Crippen LogP contribution < -0.4 is 5.32 Å². The van der Waals surface area contributed by atoms with E-state index in [2.05, 4.69) is 24.2 Å². The number of likely N-dealkylation sites (tertiary alicyclic amines) is 1. The van der Waals surface area contributed by atoms with E-state index in [0.29, 0.717) is 44.4 Å².